The second-order valence-electron chi connectivity index (χ2n) is 14.5. The highest BCUT2D eigenvalue weighted by Gasteiger charge is 2.36. The number of fused-ring (bicyclic) bond motifs is 2. The van der Waals surface area contributed by atoms with Crippen molar-refractivity contribution < 1.29 is 38.4 Å². The number of ketones is 2. The number of nitrogens with zero attached hydrogens (tertiary/aromatic N) is 6. The third-order valence-corrected chi connectivity index (χ3v) is 10.7. The van der Waals surface area contributed by atoms with Gasteiger partial charge in [-0.3, -0.25) is 48.3 Å². The molecule has 0 unspecified atom stereocenters. The Labute approximate surface area is 343 Å². The number of H-pyrrole nitrogens is 2. The van der Waals surface area contributed by atoms with Gasteiger partial charge in [-0.25, -0.2) is 0 Å². The van der Waals surface area contributed by atoms with Crippen LogP contribution in [0.3, 0.4) is 0 Å². The summed E-state index contributed by atoms with van der Waals surface area (Å²) >= 11 is 0. The maximum absolute atomic E-state index is 12.9. The smallest absolute Gasteiger partial charge is 0.295 e. The van der Waals surface area contributed by atoms with Crippen LogP contribution < -0.4 is 0 Å². The van der Waals surface area contributed by atoms with E-state index in [1.165, 1.54) is 46.7 Å². The first kappa shape index (κ1) is 40.6. The van der Waals surface area contributed by atoms with Crippen LogP contribution in [0.4, 0.5) is 0 Å². The van der Waals surface area contributed by atoms with Gasteiger partial charge in [0.25, 0.3) is 35.2 Å². The lowest BCUT2D eigenvalue weighted by Crippen LogP contribution is -2.56. The Morgan fingerprint density at radius 2 is 0.950 bits per heavy atom. The summed E-state index contributed by atoms with van der Waals surface area (Å²) in [6.07, 6.45) is 7.01. The number of aromatic amines is 2. The van der Waals surface area contributed by atoms with Gasteiger partial charge in [0.05, 0.1) is 33.2 Å². The Morgan fingerprint density at radius 1 is 0.567 bits per heavy atom. The van der Waals surface area contributed by atoms with Gasteiger partial charge in [0, 0.05) is 98.4 Å². The van der Waals surface area contributed by atoms with Crippen molar-refractivity contribution in [1.82, 2.24) is 39.5 Å². The molecule has 16 nitrogen and oxygen atoms in total. The van der Waals surface area contributed by atoms with E-state index < -0.39 is 23.4 Å². The molecule has 0 saturated carbocycles. The highest BCUT2D eigenvalue weighted by molar-refractivity contribution is 6.45. The lowest BCUT2D eigenvalue weighted by atomic mass is 10.1. The van der Waals surface area contributed by atoms with E-state index in [0.29, 0.717) is 83.1 Å². The number of amides is 4. The van der Waals surface area contributed by atoms with Crippen molar-refractivity contribution in [2.24, 2.45) is 0 Å². The van der Waals surface area contributed by atoms with Crippen LogP contribution in [0.2, 0.25) is 0 Å². The van der Waals surface area contributed by atoms with E-state index in [4.69, 9.17) is 0 Å². The molecule has 6 heterocycles. The largest absolute Gasteiger partial charge is 0.359 e. The third kappa shape index (κ3) is 7.94. The third-order valence-electron chi connectivity index (χ3n) is 10.7. The standard InChI is InChI=1S/2C22H20N4O4/c2*1-14-12-25(21(29)15-5-3-2-4-6-15)9-10-26(14)22(30)20(28)17-11-24-18-16(13-27)7-8-23-19(17)18/h2*2-8,11,13-14,24H,9-10,12H2,1H3/t2*14-/m11/s1. The average molecular weight is 809 g/mol. The first-order chi connectivity index (χ1) is 29.0. The molecule has 0 bridgehead atoms. The Kier molecular flexibility index (Phi) is 11.8. The normalized spacial score (nSPS) is 16.5. The molecule has 4 amide bonds. The zero-order valence-electron chi connectivity index (χ0n) is 32.7. The molecule has 4 aromatic heterocycles. The van der Waals surface area contributed by atoms with Crippen molar-refractivity contribution >= 4 is 69.8 Å². The Hall–Kier alpha value is -7.62. The number of hydrogen-bond acceptors (Lipinski definition) is 10. The SMILES string of the molecule is C[C@@H]1CN(C(=O)c2ccccc2)CCN1C(=O)C(=O)c1c[nH]c2c(C=O)ccnc12.C[C@@H]1CN(C(=O)c2ccccc2)CCN1C(=O)C(=O)c1c[nH]c2c(C=O)ccnc12. The fraction of sp³-hybridized carbons (Fsp3) is 0.227. The first-order valence-electron chi connectivity index (χ1n) is 19.2. The summed E-state index contributed by atoms with van der Waals surface area (Å²) < 4.78 is 0. The van der Waals surface area contributed by atoms with Crippen molar-refractivity contribution in [2.45, 2.75) is 25.9 Å². The zero-order chi connectivity index (χ0) is 42.5. The van der Waals surface area contributed by atoms with E-state index in [1.807, 2.05) is 26.0 Å². The molecule has 8 rings (SSSR count). The molecule has 2 aromatic carbocycles. The van der Waals surface area contributed by atoms with Crippen LogP contribution in [0.5, 0.6) is 0 Å². The molecule has 16 heteroatoms. The van der Waals surface area contributed by atoms with Crippen LogP contribution in [0.1, 0.15) is 76.0 Å². The molecule has 2 aliphatic rings. The first-order valence-corrected chi connectivity index (χ1v) is 19.2. The number of carbonyl (C=O) groups is 8. The maximum Gasteiger partial charge on any atom is 0.295 e. The zero-order valence-corrected chi connectivity index (χ0v) is 32.7. The van der Waals surface area contributed by atoms with Crippen LogP contribution in [-0.4, -0.2) is 139 Å². The molecule has 0 spiro atoms. The average Bonchev–Trinajstić information content (AvgIpc) is 3.93. The molecule has 2 saturated heterocycles. The number of piperazine rings is 2. The van der Waals surface area contributed by atoms with Crippen molar-refractivity contribution in [3.8, 4) is 0 Å². The molecule has 0 aliphatic carbocycles. The van der Waals surface area contributed by atoms with Crippen LogP contribution >= 0.6 is 0 Å². The number of nitrogens with one attached hydrogen (secondary N) is 2. The van der Waals surface area contributed by atoms with Gasteiger partial charge in [0.1, 0.15) is 0 Å². The highest BCUT2D eigenvalue weighted by Crippen LogP contribution is 2.23. The Balaban J connectivity index is 0.000000181. The molecule has 6 aromatic rings. The predicted octanol–water partition coefficient (Wildman–Crippen LogP) is 3.86. The molecule has 2 aliphatic heterocycles. The molecule has 60 heavy (non-hydrogen) atoms. The summed E-state index contributed by atoms with van der Waals surface area (Å²) in [6, 6.07) is 20.4. The van der Waals surface area contributed by atoms with Gasteiger partial charge in [0.15, 0.2) is 12.6 Å². The van der Waals surface area contributed by atoms with Gasteiger partial charge in [-0.05, 0) is 50.2 Å². The number of hydrogen-bond donors (Lipinski definition) is 2. The van der Waals surface area contributed by atoms with Gasteiger partial charge in [-0.1, -0.05) is 36.4 Å². The predicted molar refractivity (Wildman–Crippen MR) is 219 cm³/mol. The number of aldehydes is 2. The molecule has 2 fully saturated rings. The van der Waals surface area contributed by atoms with E-state index in [9.17, 15) is 38.4 Å². The van der Waals surface area contributed by atoms with Crippen LogP contribution in [-0.2, 0) is 9.59 Å². The number of benzene rings is 2. The second kappa shape index (κ2) is 17.5. The van der Waals surface area contributed by atoms with Gasteiger partial charge in [-0.2, -0.15) is 0 Å². The Bertz CT molecular complexity index is 2460. The number of pyridine rings is 2. The van der Waals surface area contributed by atoms with E-state index in [0.717, 1.165) is 0 Å². The molecular formula is C44H40N8O8. The molecule has 2 N–H and O–H groups in total. The summed E-state index contributed by atoms with van der Waals surface area (Å²) in [5, 5.41) is 0. The Morgan fingerprint density at radius 3 is 1.30 bits per heavy atom. The van der Waals surface area contributed by atoms with Crippen molar-refractivity contribution in [3.05, 3.63) is 131 Å². The summed E-state index contributed by atoms with van der Waals surface area (Å²) in [4.78, 5) is 120. The van der Waals surface area contributed by atoms with Crippen molar-refractivity contribution in [2.75, 3.05) is 39.3 Å². The summed E-state index contributed by atoms with van der Waals surface area (Å²) in [5.41, 5.74) is 3.63. The van der Waals surface area contributed by atoms with Gasteiger partial charge in [0.2, 0.25) is 0 Å². The molecule has 304 valence electrons. The molecular weight excluding hydrogens is 769 g/mol. The van der Waals surface area contributed by atoms with Crippen LogP contribution in [0, 0.1) is 0 Å². The van der Waals surface area contributed by atoms with Gasteiger partial charge < -0.3 is 29.6 Å². The topological polar surface area (TPSA) is 207 Å². The van der Waals surface area contributed by atoms with Gasteiger partial charge in [-0.15, -0.1) is 0 Å². The summed E-state index contributed by atoms with van der Waals surface area (Å²) in [6.45, 7) is 5.53. The van der Waals surface area contributed by atoms with Crippen molar-refractivity contribution in [1.29, 1.82) is 0 Å². The molecule has 2 atom stereocenters. The number of rotatable bonds is 8. The number of carbonyl (C=O) groups excluding carboxylic acids is 8. The van der Waals surface area contributed by atoms with Gasteiger partial charge >= 0.3 is 0 Å². The number of aromatic nitrogens is 4. The fourth-order valence-electron chi connectivity index (χ4n) is 7.54. The minimum absolute atomic E-state index is 0.0944. The summed E-state index contributed by atoms with van der Waals surface area (Å²) in [5.74, 6) is -2.86. The fourth-order valence-corrected chi connectivity index (χ4v) is 7.54. The highest BCUT2D eigenvalue weighted by atomic mass is 16.2. The second-order valence-corrected chi connectivity index (χ2v) is 14.5. The quantitative estimate of drug-likeness (QED) is 0.129. The number of Topliss-reactive ketones (excluding diaryl/α,β-unsaturated/α-hetero) is 2. The summed E-state index contributed by atoms with van der Waals surface area (Å²) in [7, 11) is 0. The van der Waals surface area contributed by atoms with Crippen LogP contribution in [0.25, 0.3) is 22.1 Å². The molecule has 0 radical (unpaired) electrons. The minimum atomic E-state index is -0.688. The monoisotopic (exact) mass is 808 g/mol. The lowest BCUT2D eigenvalue weighted by Gasteiger charge is -2.39. The lowest BCUT2D eigenvalue weighted by molar-refractivity contribution is -0.130. The minimum Gasteiger partial charge on any atom is -0.359 e. The van der Waals surface area contributed by atoms with E-state index in [2.05, 4.69) is 19.9 Å². The van der Waals surface area contributed by atoms with E-state index in [1.54, 1.807) is 58.3 Å². The van der Waals surface area contributed by atoms with E-state index in [-0.39, 0.29) is 48.1 Å². The van der Waals surface area contributed by atoms with E-state index >= 15 is 0 Å². The maximum atomic E-state index is 12.9. The van der Waals surface area contributed by atoms with Crippen molar-refractivity contribution in [3.63, 3.8) is 0 Å². The van der Waals surface area contributed by atoms with Crippen LogP contribution in [0.15, 0.2) is 97.6 Å².